The summed E-state index contributed by atoms with van der Waals surface area (Å²) >= 11 is 11.7. The van der Waals surface area contributed by atoms with Crippen molar-refractivity contribution < 1.29 is 14.3 Å². The number of carbonyl (C=O) groups excluding carboxylic acids is 2. The number of carbonyl (C=O) groups is 2. The SMILES string of the molecule is CC1CCN(C(=O)CNC(=O)COc2ccc(Cl)cc2Cl)CC1. The van der Waals surface area contributed by atoms with Gasteiger partial charge in [-0.2, -0.15) is 0 Å². The highest BCUT2D eigenvalue weighted by atomic mass is 35.5. The van der Waals surface area contributed by atoms with Crippen LogP contribution in [0.4, 0.5) is 0 Å². The summed E-state index contributed by atoms with van der Waals surface area (Å²) in [6.07, 6.45) is 2.02. The van der Waals surface area contributed by atoms with Gasteiger partial charge in [0.25, 0.3) is 5.91 Å². The third kappa shape index (κ3) is 5.59. The molecule has 0 spiro atoms. The molecule has 0 aliphatic carbocycles. The maximum absolute atomic E-state index is 12.0. The molecule has 0 bridgehead atoms. The van der Waals surface area contributed by atoms with Gasteiger partial charge in [-0.1, -0.05) is 30.1 Å². The molecule has 1 aromatic carbocycles. The zero-order valence-electron chi connectivity index (χ0n) is 13.0. The van der Waals surface area contributed by atoms with Crippen LogP contribution < -0.4 is 10.1 Å². The normalized spacial score (nSPS) is 15.3. The predicted octanol–water partition coefficient (Wildman–Crippen LogP) is 2.75. The Balaban J connectivity index is 1.71. The van der Waals surface area contributed by atoms with Crippen LogP contribution in [0.3, 0.4) is 0 Å². The van der Waals surface area contributed by atoms with Crippen LogP contribution >= 0.6 is 23.2 Å². The second kappa shape index (κ2) is 8.41. The molecule has 0 aromatic heterocycles. The molecule has 7 heteroatoms. The molecule has 5 nitrogen and oxygen atoms in total. The van der Waals surface area contributed by atoms with E-state index in [9.17, 15) is 9.59 Å². The number of hydrogen-bond acceptors (Lipinski definition) is 3. The fourth-order valence-electron chi connectivity index (χ4n) is 2.33. The van der Waals surface area contributed by atoms with E-state index in [1.165, 1.54) is 6.07 Å². The average molecular weight is 359 g/mol. The first kappa shape index (κ1) is 17.9. The summed E-state index contributed by atoms with van der Waals surface area (Å²) in [7, 11) is 0. The van der Waals surface area contributed by atoms with Crippen LogP contribution in [-0.2, 0) is 9.59 Å². The molecule has 23 heavy (non-hydrogen) atoms. The highest BCUT2D eigenvalue weighted by molar-refractivity contribution is 6.35. The number of piperidine rings is 1. The molecule has 0 radical (unpaired) electrons. The van der Waals surface area contributed by atoms with Crippen molar-refractivity contribution in [2.75, 3.05) is 26.2 Å². The summed E-state index contributed by atoms with van der Waals surface area (Å²) in [5.41, 5.74) is 0. The second-order valence-electron chi connectivity index (χ2n) is 5.70. The number of rotatable bonds is 5. The fourth-order valence-corrected chi connectivity index (χ4v) is 2.79. The molecule has 2 amide bonds. The minimum atomic E-state index is -0.366. The zero-order valence-corrected chi connectivity index (χ0v) is 14.5. The quantitative estimate of drug-likeness (QED) is 0.880. The molecule has 0 unspecified atom stereocenters. The lowest BCUT2D eigenvalue weighted by Crippen LogP contribution is -2.44. The van der Waals surface area contributed by atoms with Crippen molar-refractivity contribution in [3.63, 3.8) is 0 Å². The molecular weight excluding hydrogens is 339 g/mol. The lowest BCUT2D eigenvalue weighted by Gasteiger charge is -2.30. The van der Waals surface area contributed by atoms with Crippen LogP contribution in [0, 0.1) is 5.92 Å². The third-order valence-corrected chi connectivity index (χ3v) is 4.36. The number of nitrogens with one attached hydrogen (secondary N) is 1. The van der Waals surface area contributed by atoms with E-state index in [0.29, 0.717) is 21.7 Å². The molecule has 1 aliphatic rings. The number of likely N-dealkylation sites (tertiary alicyclic amines) is 1. The molecule has 126 valence electrons. The van der Waals surface area contributed by atoms with Gasteiger partial charge in [0, 0.05) is 18.1 Å². The Morgan fingerprint density at radius 3 is 2.65 bits per heavy atom. The molecule has 2 rings (SSSR count). The van der Waals surface area contributed by atoms with Crippen LogP contribution in [0.25, 0.3) is 0 Å². The molecule has 1 saturated heterocycles. The van der Waals surface area contributed by atoms with Gasteiger partial charge in [-0.3, -0.25) is 9.59 Å². The van der Waals surface area contributed by atoms with Crippen molar-refractivity contribution >= 4 is 35.0 Å². The van der Waals surface area contributed by atoms with Gasteiger partial charge >= 0.3 is 0 Å². The van der Waals surface area contributed by atoms with Gasteiger partial charge in [0.05, 0.1) is 11.6 Å². The lowest BCUT2D eigenvalue weighted by atomic mass is 9.99. The van der Waals surface area contributed by atoms with Crippen molar-refractivity contribution in [1.29, 1.82) is 0 Å². The van der Waals surface area contributed by atoms with Crippen molar-refractivity contribution in [2.24, 2.45) is 5.92 Å². The highest BCUT2D eigenvalue weighted by Crippen LogP contribution is 2.27. The smallest absolute Gasteiger partial charge is 0.258 e. The van der Waals surface area contributed by atoms with Crippen LogP contribution in [0.15, 0.2) is 18.2 Å². The van der Waals surface area contributed by atoms with Crippen LogP contribution in [0.1, 0.15) is 19.8 Å². The number of hydrogen-bond donors (Lipinski definition) is 1. The third-order valence-electron chi connectivity index (χ3n) is 3.83. The van der Waals surface area contributed by atoms with Crippen LogP contribution in [0.5, 0.6) is 5.75 Å². The van der Waals surface area contributed by atoms with Gasteiger partial charge in [-0.15, -0.1) is 0 Å². The van der Waals surface area contributed by atoms with Crippen LogP contribution in [-0.4, -0.2) is 43.0 Å². The Labute approximate surface area is 145 Å². The van der Waals surface area contributed by atoms with Crippen molar-refractivity contribution in [1.82, 2.24) is 10.2 Å². The van der Waals surface area contributed by atoms with E-state index in [-0.39, 0.29) is 25.0 Å². The summed E-state index contributed by atoms with van der Waals surface area (Å²) in [6, 6.07) is 4.76. The minimum Gasteiger partial charge on any atom is -0.482 e. The van der Waals surface area contributed by atoms with Gasteiger partial charge in [-0.05, 0) is 37.0 Å². The Hall–Kier alpha value is -1.46. The van der Waals surface area contributed by atoms with Gasteiger partial charge in [0.1, 0.15) is 5.75 Å². The zero-order chi connectivity index (χ0) is 16.8. The topological polar surface area (TPSA) is 58.6 Å². The molecule has 1 aromatic rings. The first-order valence-electron chi connectivity index (χ1n) is 7.58. The number of amides is 2. The summed E-state index contributed by atoms with van der Waals surface area (Å²) in [4.78, 5) is 25.6. The number of halogens is 2. The Morgan fingerprint density at radius 1 is 1.30 bits per heavy atom. The van der Waals surface area contributed by atoms with E-state index < -0.39 is 0 Å². The standard InChI is InChI=1S/C16H20Cl2N2O3/c1-11-4-6-20(7-5-11)16(22)9-19-15(21)10-23-14-3-2-12(17)8-13(14)18/h2-3,8,11H,4-7,9-10H2,1H3,(H,19,21). The Kier molecular flexibility index (Phi) is 6.54. The van der Waals surface area contributed by atoms with E-state index >= 15 is 0 Å². The maximum atomic E-state index is 12.0. The summed E-state index contributed by atoms with van der Waals surface area (Å²) < 4.78 is 5.32. The number of benzene rings is 1. The van der Waals surface area contributed by atoms with E-state index in [1.54, 1.807) is 17.0 Å². The first-order valence-corrected chi connectivity index (χ1v) is 8.33. The maximum Gasteiger partial charge on any atom is 0.258 e. The van der Waals surface area contributed by atoms with E-state index in [0.717, 1.165) is 25.9 Å². The molecule has 0 saturated carbocycles. The number of ether oxygens (including phenoxy) is 1. The van der Waals surface area contributed by atoms with Gasteiger partial charge < -0.3 is 15.0 Å². The molecular formula is C16H20Cl2N2O3. The largest absolute Gasteiger partial charge is 0.482 e. The van der Waals surface area contributed by atoms with E-state index in [1.807, 2.05) is 0 Å². The van der Waals surface area contributed by atoms with Gasteiger partial charge in [-0.25, -0.2) is 0 Å². The molecule has 1 aliphatic heterocycles. The molecule has 1 fully saturated rings. The second-order valence-corrected chi connectivity index (χ2v) is 6.55. The summed E-state index contributed by atoms with van der Waals surface area (Å²) in [5.74, 6) is 0.609. The van der Waals surface area contributed by atoms with Crippen molar-refractivity contribution in [3.05, 3.63) is 28.2 Å². The minimum absolute atomic E-state index is 0.00900. The Bertz CT molecular complexity index is 572. The van der Waals surface area contributed by atoms with Crippen molar-refractivity contribution in [3.8, 4) is 5.75 Å². The summed E-state index contributed by atoms with van der Waals surface area (Å²) in [6.45, 7) is 3.49. The van der Waals surface area contributed by atoms with Crippen molar-refractivity contribution in [2.45, 2.75) is 19.8 Å². The molecule has 1 heterocycles. The van der Waals surface area contributed by atoms with Crippen LogP contribution in [0.2, 0.25) is 10.0 Å². The number of nitrogens with zero attached hydrogens (tertiary/aromatic N) is 1. The fraction of sp³-hybridized carbons (Fsp3) is 0.500. The van der Waals surface area contributed by atoms with E-state index in [4.69, 9.17) is 27.9 Å². The van der Waals surface area contributed by atoms with E-state index in [2.05, 4.69) is 12.2 Å². The lowest BCUT2D eigenvalue weighted by molar-refractivity contribution is -0.134. The van der Waals surface area contributed by atoms with Gasteiger partial charge in [0.2, 0.25) is 5.91 Å². The Morgan fingerprint density at radius 2 is 2.00 bits per heavy atom. The first-order chi connectivity index (χ1) is 11.0. The average Bonchev–Trinajstić information content (AvgIpc) is 2.52. The predicted molar refractivity (Wildman–Crippen MR) is 89.9 cm³/mol. The highest BCUT2D eigenvalue weighted by Gasteiger charge is 2.20. The molecule has 0 atom stereocenters. The summed E-state index contributed by atoms with van der Waals surface area (Å²) in [5, 5.41) is 3.40. The molecule has 1 N–H and O–H groups in total. The van der Waals surface area contributed by atoms with Gasteiger partial charge in [0.15, 0.2) is 6.61 Å². The monoisotopic (exact) mass is 358 g/mol.